The van der Waals surface area contributed by atoms with Crippen molar-refractivity contribution in [3.8, 4) is 16.9 Å². The molecule has 0 fully saturated rings. The van der Waals surface area contributed by atoms with Crippen LogP contribution in [0.2, 0.25) is 0 Å². The maximum atomic E-state index is 12.3. The quantitative estimate of drug-likeness (QED) is 0.506. The Kier molecular flexibility index (Phi) is 5.25. The van der Waals surface area contributed by atoms with Gasteiger partial charge in [0.2, 0.25) is 11.9 Å². The lowest BCUT2D eigenvalue weighted by atomic mass is 10.0. The summed E-state index contributed by atoms with van der Waals surface area (Å²) < 4.78 is 30.2. The van der Waals surface area contributed by atoms with Gasteiger partial charge in [-0.1, -0.05) is 24.3 Å². The number of nitrogens with one attached hydrogen (secondary N) is 1. The van der Waals surface area contributed by atoms with Crippen molar-refractivity contribution in [2.45, 2.75) is 13.0 Å². The van der Waals surface area contributed by atoms with Gasteiger partial charge in [0, 0.05) is 11.9 Å². The largest absolute Gasteiger partial charge is 0.435 e. The first-order valence-corrected chi connectivity index (χ1v) is 9.02. The molecule has 0 bridgehead atoms. The highest BCUT2D eigenvalue weighted by Gasteiger charge is 2.08. The number of carbonyl (C=O) groups excluding carboxylic acids is 1. The molecule has 0 aliphatic carbocycles. The Labute approximate surface area is 170 Å². The van der Waals surface area contributed by atoms with E-state index in [1.165, 1.54) is 24.3 Å². The smallest absolute Gasteiger partial charge is 0.387 e. The van der Waals surface area contributed by atoms with Crippen LogP contribution < -0.4 is 15.8 Å². The van der Waals surface area contributed by atoms with Crippen molar-refractivity contribution in [1.82, 2.24) is 14.6 Å². The summed E-state index contributed by atoms with van der Waals surface area (Å²) in [5.41, 5.74) is 9.52. The first kappa shape index (κ1) is 19.3. The topological polar surface area (TPSA) is 94.5 Å². The molecule has 30 heavy (non-hydrogen) atoms. The molecule has 7 nitrogen and oxygen atoms in total. The molecule has 0 saturated carbocycles. The second-order valence-electron chi connectivity index (χ2n) is 6.51. The van der Waals surface area contributed by atoms with E-state index in [2.05, 4.69) is 20.1 Å². The monoisotopic (exact) mass is 409 g/mol. The lowest BCUT2D eigenvalue weighted by molar-refractivity contribution is -0.115. The summed E-state index contributed by atoms with van der Waals surface area (Å²) in [6.45, 7) is -2.88. The summed E-state index contributed by atoms with van der Waals surface area (Å²) in [4.78, 5) is 16.4. The first-order chi connectivity index (χ1) is 14.5. The number of benzene rings is 2. The van der Waals surface area contributed by atoms with Crippen LogP contribution in [-0.2, 0) is 11.2 Å². The van der Waals surface area contributed by atoms with Crippen LogP contribution in [0.3, 0.4) is 0 Å². The van der Waals surface area contributed by atoms with Gasteiger partial charge in [-0.15, -0.1) is 5.10 Å². The third-order valence-electron chi connectivity index (χ3n) is 4.37. The molecule has 2 aromatic carbocycles. The highest BCUT2D eigenvalue weighted by molar-refractivity contribution is 5.92. The molecule has 152 valence electrons. The van der Waals surface area contributed by atoms with E-state index in [0.717, 1.165) is 16.7 Å². The van der Waals surface area contributed by atoms with Crippen LogP contribution in [0.15, 0.2) is 66.9 Å². The SMILES string of the molecule is Nc1nc2cc(-c3ccc(CC(=O)Nc4ccc(OC(F)F)cc4)cc3)ccn2n1. The molecule has 2 heterocycles. The second kappa shape index (κ2) is 8.16. The summed E-state index contributed by atoms with van der Waals surface area (Å²) in [5.74, 6) is 0.0286. The molecule has 4 aromatic rings. The van der Waals surface area contributed by atoms with Gasteiger partial charge in [0.1, 0.15) is 5.75 Å². The lowest BCUT2D eigenvalue weighted by Crippen LogP contribution is -2.14. The Bertz CT molecular complexity index is 1170. The molecule has 0 aliphatic rings. The Morgan fingerprint density at radius 3 is 2.50 bits per heavy atom. The predicted molar refractivity (Wildman–Crippen MR) is 108 cm³/mol. The number of halogens is 2. The number of ether oxygens (including phenoxy) is 1. The number of anilines is 2. The number of hydrogen-bond acceptors (Lipinski definition) is 5. The minimum atomic E-state index is -2.88. The third kappa shape index (κ3) is 4.52. The number of rotatable bonds is 6. The van der Waals surface area contributed by atoms with Crippen molar-refractivity contribution in [3.63, 3.8) is 0 Å². The molecule has 4 rings (SSSR count). The number of hydrogen-bond donors (Lipinski definition) is 2. The molecule has 0 spiro atoms. The molecule has 0 saturated heterocycles. The maximum absolute atomic E-state index is 12.3. The van der Waals surface area contributed by atoms with E-state index in [0.29, 0.717) is 11.3 Å². The molecular weight excluding hydrogens is 392 g/mol. The Hall–Kier alpha value is -4.01. The Balaban J connectivity index is 1.39. The van der Waals surface area contributed by atoms with Crippen LogP contribution in [-0.4, -0.2) is 27.1 Å². The van der Waals surface area contributed by atoms with Crippen molar-refractivity contribution in [2.75, 3.05) is 11.1 Å². The molecule has 3 N–H and O–H groups in total. The number of fused-ring (bicyclic) bond motifs is 1. The fourth-order valence-corrected chi connectivity index (χ4v) is 3.00. The summed E-state index contributed by atoms with van der Waals surface area (Å²) in [7, 11) is 0. The van der Waals surface area contributed by atoms with Gasteiger partial charge in [0.05, 0.1) is 6.42 Å². The van der Waals surface area contributed by atoms with E-state index < -0.39 is 6.61 Å². The zero-order valence-electron chi connectivity index (χ0n) is 15.6. The molecule has 1 amide bonds. The number of nitrogens with two attached hydrogens (primary N) is 1. The summed E-state index contributed by atoms with van der Waals surface area (Å²) in [6, 6.07) is 17.1. The van der Waals surface area contributed by atoms with Crippen LogP contribution >= 0.6 is 0 Å². The zero-order valence-corrected chi connectivity index (χ0v) is 15.6. The highest BCUT2D eigenvalue weighted by atomic mass is 19.3. The van der Waals surface area contributed by atoms with E-state index in [1.54, 1.807) is 10.7 Å². The molecule has 9 heteroatoms. The molecule has 0 radical (unpaired) electrons. The third-order valence-corrected chi connectivity index (χ3v) is 4.37. The van der Waals surface area contributed by atoms with Gasteiger partial charge >= 0.3 is 6.61 Å². The van der Waals surface area contributed by atoms with Crippen molar-refractivity contribution in [1.29, 1.82) is 0 Å². The summed E-state index contributed by atoms with van der Waals surface area (Å²) in [5, 5.41) is 6.77. The van der Waals surface area contributed by atoms with Gasteiger partial charge in [-0.2, -0.15) is 13.8 Å². The van der Waals surface area contributed by atoms with Gasteiger partial charge in [-0.05, 0) is 53.1 Å². The highest BCUT2D eigenvalue weighted by Crippen LogP contribution is 2.22. The lowest BCUT2D eigenvalue weighted by Gasteiger charge is -2.08. The van der Waals surface area contributed by atoms with Crippen LogP contribution in [0.5, 0.6) is 5.75 Å². The molecule has 0 unspecified atom stereocenters. The summed E-state index contributed by atoms with van der Waals surface area (Å²) in [6.07, 6.45) is 1.96. The van der Waals surface area contributed by atoms with E-state index >= 15 is 0 Å². The first-order valence-electron chi connectivity index (χ1n) is 9.02. The number of nitrogens with zero attached hydrogens (tertiary/aromatic N) is 3. The second-order valence-corrected chi connectivity index (χ2v) is 6.51. The normalized spacial score (nSPS) is 11.0. The zero-order chi connectivity index (χ0) is 21.1. The van der Waals surface area contributed by atoms with Crippen molar-refractivity contribution < 1.29 is 18.3 Å². The number of aromatic nitrogens is 3. The fraction of sp³-hybridized carbons (Fsp3) is 0.0952. The van der Waals surface area contributed by atoms with E-state index in [9.17, 15) is 13.6 Å². The fourth-order valence-electron chi connectivity index (χ4n) is 3.00. The molecular formula is C21H17F2N5O2. The van der Waals surface area contributed by atoms with Crippen LogP contribution in [0.1, 0.15) is 5.56 Å². The van der Waals surface area contributed by atoms with E-state index in [4.69, 9.17) is 5.73 Å². The number of carbonyl (C=O) groups is 1. The van der Waals surface area contributed by atoms with Crippen molar-refractivity contribution >= 4 is 23.2 Å². The standard InChI is InChI=1S/C21H17F2N5O2/c22-20(23)30-17-7-5-16(6-8-17)25-19(29)11-13-1-3-14(4-2-13)15-9-10-28-18(12-15)26-21(24)27-28/h1-10,12,20H,11H2,(H2,24,27)(H,25,29). The van der Waals surface area contributed by atoms with Gasteiger partial charge in [0.15, 0.2) is 5.65 Å². The van der Waals surface area contributed by atoms with Gasteiger partial charge < -0.3 is 15.8 Å². The predicted octanol–water partition coefficient (Wildman–Crippen LogP) is 3.76. The minimum absolute atomic E-state index is 0.0330. The average molecular weight is 409 g/mol. The Morgan fingerprint density at radius 1 is 1.07 bits per heavy atom. The molecule has 0 aliphatic heterocycles. The van der Waals surface area contributed by atoms with Gasteiger partial charge in [-0.25, -0.2) is 4.52 Å². The summed E-state index contributed by atoms with van der Waals surface area (Å²) >= 11 is 0. The number of pyridine rings is 1. The van der Waals surface area contributed by atoms with Crippen LogP contribution in [0.4, 0.5) is 20.4 Å². The van der Waals surface area contributed by atoms with Gasteiger partial charge in [-0.3, -0.25) is 4.79 Å². The van der Waals surface area contributed by atoms with Crippen molar-refractivity contribution in [3.05, 3.63) is 72.4 Å². The Morgan fingerprint density at radius 2 is 1.80 bits per heavy atom. The van der Waals surface area contributed by atoms with Crippen molar-refractivity contribution in [2.24, 2.45) is 0 Å². The van der Waals surface area contributed by atoms with Gasteiger partial charge in [0.25, 0.3) is 0 Å². The number of alkyl halides is 2. The van der Waals surface area contributed by atoms with Crippen LogP contribution in [0.25, 0.3) is 16.8 Å². The molecule has 0 atom stereocenters. The number of nitrogen functional groups attached to an aromatic ring is 1. The number of amides is 1. The van der Waals surface area contributed by atoms with E-state index in [-0.39, 0.29) is 24.0 Å². The van der Waals surface area contributed by atoms with Crippen LogP contribution in [0, 0.1) is 0 Å². The average Bonchev–Trinajstić information content (AvgIpc) is 3.09. The van der Waals surface area contributed by atoms with E-state index in [1.807, 2.05) is 36.4 Å². The maximum Gasteiger partial charge on any atom is 0.387 e. The molecule has 2 aromatic heterocycles. The minimum Gasteiger partial charge on any atom is -0.435 e.